The molecule has 1 heterocycles. The van der Waals surface area contributed by atoms with Crippen LogP contribution in [-0.2, 0) is 0 Å². The lowest BCUT2D eigenvalue weighted by Crippen LogP contribution is -2.29. The number of piperidine rings is 1. The van der Waals surface area contributed by atoms with Crippen LogP contribution in [0.4, 0.5) is 0 Å². The maximum absolute atomic E-state index is 2.51. The summed E-state index contributed by atoms with van der Waals surface area (Å²) in [6, 6.07) is 0. The smallest absolute Gasteiger partial charge is 0.0170 e. The Kier molecular flexibility index (Phi) is 4.37. The van der Waals surface area contributed by atoms with E-state index in [2.05, 4.69) is 37.6 Å². The first-order valence-corrected chi connectivity index (χ1v) is 5.15. The van der Waals surface area contributed by atoms with Crippen molar-refractivity contribution in [2.75, 3.05) is 19.6 Å². The van der Waals surface area contributed by atoms with Gasteiger partial charge in [-0.3, -0.25) is 4.90 Å². The number of nitrogens with zero attached hydrogens (tertiary/aromatic N) is 1. The lowest BCUT2D eigenvalue weighted by molar-refractivity contribution is 0.251. The van der Waals surface area contributed by atoms with Crippen LogP contribution in [0.5, 0.6) is 0 Å². The molecule has 0 aromatic rings. The second kappa shape index (κ2) is 5.13. The van der Waals surface area contributed by atoms with Gasteiger partial charge in [0.25, 0.3) is 0 Å². The predicted molar refractivity (Wildman–Crippen MR) is 53.5 cm³/mol. The van der Waals surface area contributed by atoms with Gasteiger partial charge in [-0.2, -0.15) is 0 Å². The van der Waals surface area contributed by atoms with Crippen molar-refractivity contribution in [3.63, 3.8) is 0 Å². The molecule has 58 valence electrons. The Hall–Kier alpha value is 0.430. The molecule has 0 aromatic heterocycles. The van der Waals surface area contributed by atoms with Crippen LogP contribution < -0.4 is 0 Å². The molecule has 1 rings (SSSR count). The van der Waals surface area contributed by atoms with Crippen molar-refractivity contribution in [2.45, 2.75) is 19.3 Å². The van der Waals surface area contributed by atoms with Crippen LogP contribution in [-0.4, -0.2) is 24.5 Å². The summed E-state index contributed by atoms with van der Waals surface area (Å²) in [5.74, 6) is 0. The van der Waals surface area contributed by atoms with Gasteiger partial charge in [-0.05, 0) is 30.0 Å². The quantitative estimate of drug-likeness (QED) is 0.681. The number of halogens is 1. The summed E-state index contributed by atoms with van der Waals surface area (Å²) in [6.45, 7) is 3.77. The van der Waals surface area contributed by atoms with Crippen LogP contribution in [0.3, 0.4) is 0 Å². The molecule has 0 bridgehead atoms. The third kappa shape index (κ3) is 3.01. The molecule has 2 heteroatoms. The molecule has 1 fully saturated rings. The molecule has 0 unspecified atom stereocenters. The van der Waals surface area contributed by atoms with Crippen molar-refractivity contribution >= 4 is 22.6 Å². The van der Waals surface area contributed by atoms with Gasteiger partial charge in [-0.15, -0.1) is 0 Å². The lowest BCUT2D eigenvalue weighted by atomic mass is 10.1. The molecular formula is C8H14IN. The predicted octanol–water partition coefficient (Wildman–Crippen LogP) is 2.42. The van der Waals surface area contributed by atoms with Crippen LogP contribution in [0.15, 0.2) is 10.2 Å². The second-order valence-corrected chi connectivity index (χ2v) is 3.44. The molecule has 0 atom stereocenters. The topological polar surface area (TPSA) is 3.24 Å². The summed E-state index contributed by atoms with van der Waals surface area (Å²) in [7, 11) is 0. The summed E-state index contributed by atoms with van der Waals surface area (Å²) in [6.07, 6.45) is 6.46. The first-order chi connectivity index (χ1) is 4.93. The van der Waals surface area contributed by atoms with E-state index >= 15 is 0 Å². The molecule has 10 heavy (non-hydrogen) atoms. The Bertz CT molecular complexity index is 106. The van der Waals surface area contributed by atoms with Gasteiger partial charge in [0.1, 0.15) is 0 Å². The highest BCUT2D eigenvalue weighted by molar-refractivity contribution is 14.1. The van der Waals surface area contributed by atoms with E-state index in [1.807, 2.05) is 0 Å². The van der Waals surface area contributed by atoms with Crippen molar-refractivity contribution in [2.24, 2.45) is 0 Å². The zero-order valence-corrected chi connectivity index (χ0v) is 8.38. The molecule has 0 spiro atoms. The highest BCUT2D eigenvalue weighted by atomic mass is 127. The molecule has 0 radical (unpaired) electrons. The van der Waals surface area contributed by atoms with Crippen LogP contribution in [0.1, 0.15) is 19.3 Å². The molecular weight excluding hydrogens is 237 g/mol. The van der Waals surface area contributed by atoms with Gasteiger partial charge in [0.15, 0.2) is 0 Å². The van der Waals surface area contributed by atoms with Crippen molar-refractivity contribution in [3.8, 4) is 0 Å². The highest BCUT2D eigenvalue weighted by Crippen LogP contribution is 2.07. The van der Waals surface area contributed by atoms with Gasteiger partial charge < -0.3 is 0 Å². The minimum atomic E-state index is 1.16. The van der Waals surface area contributed by atoms with Crippen molar-refractivity contribution in [3.05, 3.63) is 10.2 Å². The van der Waals surface area contributed by atoms with Crippen molar-refractivity contribution in [1.29, 1.82) is 0 Å². The minimum Gasteiger partial charge on any atom is -0.300 e. The third-order valence-corrected chi connectivity index (χ3v) is 2.41. The molecule has 1 aliphatic rings. The van der Waals surface area contributed by atoms with E-state index in [9.17, 15) is 0 Å². The lowest BCUT2D eigenvalue weighted by Gasteiger charge is -2.24. The molecule has 0 aliphatic carbocycles. The molecule has 0 aromatic carbocycles. The minimum absolute atomic E-state index is 1.16. The average Bonchev–Trinajstić information content (AvgIpc) is 2.03. The Morgan fingerprint density at radius 2 is 1.90 bits per heavy atom. The summed E-state index contributed by atoms with van der Waals surface area (Å²) >= 11 is 2.28. The summed E-state index contributed by atoms with van der Waals surface area (Å²) in [5.41, 5.74) is 0. The SMILES string of the molecule is IC=CCN1CCCCC1. The molecule has 0 N–H and O–H groups in total. The van der Waals surface area contributed by atoms with E-state index in [0.29, 0.717) is 0 Å². The maximum atomic E-state index is 2.51. The first-order valence-electron chi connectivity index (χ1n) is 3.91. The second-order valence-electron chi connectivity index (χ2n) is 2.72. The van der Waals surface area contributed by atoms with Gasteiger partial charge in [-0.1, -0.05) is 35.1 Å². The number of likely N-dealkylation sites (tertiary alicyclic amines) is 1. The van der Waals surface area contributed by atoms with Gasteiger partial charge in [0.05, 0.1) is 0 Å². The van der Waals surface area contributed by atoms with Crippen molar-refractivity contribution in [1.82, 2.24) is 4.90 Å². The van der Waals surface area contributed by atoms with Gasteiger partial charge in [-0.25, -0.2) is 0 Å². The van der Waals surface area contributed by atoms with E-state index in [-0.39, 0.29) is 0 Å². The van der Waals surface area contributed by atoms with Crippen LogP contribution in [0.25, 0.3) is 0 Å². The summed E-state index contributed by atoms with van der Waals surface area (Å²) in [5, 5.41) is 0. The Morgan fingerprint density at radius 3 is 2.50 bits per heavy atom. The summed E-state index contributed by atoms with van der Waals surface area (Å²) in [4.78, 5) is 2.51. The largest absolute Gasteiger partial charge is 0.300 e. The number of rotatable bonds is 2. The standard InChI is InChI=1S/C8H14IN/c9-5-4-8-10-6-2-1-3-7-10/h4-5H,1-3,6-8H2. The molecule has 1 saturated heterocycles. The van der Waals surface area contributed by atoms with E-state index in [4.69, 9.17) is 0 Å². The fourth-order valence-electron chi connectivity index (χ4n) is 1.33. The molecule has 1 nitrogen and oxygen atoms in total. The molecule has 0 amide bonds. The number of hydrogen-bond donors (Lipinski definition) is 0. The summed E-state index contributed by atoms with van der Waals surface area (Å²) < 4.78 is 2.10. The number of hydrogen-bond acceptors (Lipinski definition) is 1. The van der Waals surface area contributed by atoms with Crippen LogP contribution in [0, 0.1) is 0 Å². The van der Waals surface area contributed by atoms with Gasteiger partial charge in [0.2, 0.25) is 0 Å². The Balaban J connectivity index is 2.13. The van der Waals surface area contributed by atoms with Gasteiger partial charge in [0, 0.05) is 6.54 Å². The highest BCUT2D eigenvalue weighted by Gasteiger charge is 2.06. The maximum Gasteiger partial charge on any atom is 0.0170 e. The van der Waals surface area contributed by atoms with Crippen LogP contribution >= 0.6 is 22.6 Å². The van der Waals surface area contributed by atoms with E-state index < -0.39 is 0 Å². The fraction of sp³-hybridized carbons (Fsp3) is 0.750. The zero-order chi connectivity index (χ0) is 7.23. The van der Waals surface area contributed by atoms with Gasteiger partial charge >= 0.3 is 0 Å². The molecule has 0 saturated carbocycles. The van der Waals surface area contributed by atoms with Crippen molar-refractivity contribution < 1.29 is 0 Å². The monoisotopic (exact) mass is 251 g/mol. The Labute approximate surface area is 76.6 Å². The molecule has 1 aliphatic heterocycles. The van der Waals surface area contributed by atoms with E-state index in [1.54, 1.807) is 0 Å². The fourth-order valence-corrected chi connectivity index (χ4v) is 1.56. The van der Waals surface area contributed by atoms with Crippen LogP contribution in [0.2, 0.25) is 0 Å². The van der Waals surface area contributed by atoms with E-state index in [0.717, 1.165) is 6.54 Å². The average molecular weight is 251 g/mol. The zero-order valence-electron chi connectivity index (χ0n) is 6.22. The normalized spacial score (nSPS) is 22.1. The Morgan fingerprint density at radius 1 is 1.20 bits per heavy atom. The van der Waals surface area contributed by atoms with E-state index in [1.165, 1.54) is 32.4 Å². The third-order valence-electron chi connectivity index (χ3n) is 1.90. The first kappa shape index (κ1) is 8.53.